The van der Waals surface area contributed by atoms with E-state index in [-0.39, 0.29) is 0 Å². The molecule has 156 valence electrons. The Morgan fingerprint density at radius 2 is 1.22 bits per heavy atom. The van der Waals surface area contributed by atoms with Gasteiger partial charge in [-0.3, -0.25) is 0 Å². The summed E-state index contributed by atoms with van der Waals surface area (Å²) in [4.78, 5) is 0. The van der Waals surface area contributed by atoms with Gasteiger partial charge in [-0.05, 0) is 49.4 Å². The number of hydrogen-bond donors (Lipinski definition) is 0. The molecule has 32 heavy (non-hydrogen) atoms. The molecule has 0 aliphatic rings. The standard InChI is InChI=1S/C29H24NO2/c1-21-26(28-18-17-22-11-9-10-16-27(22)30(28)2)19-25(31-23-12-5-3-6-13-23)20-29(21)32-24-14-7-4-8-15-24/h3-20H,1-2H3/q+1. The van der Waals surface area contributed by atoms with E-state index in [0.717, 1.165) is 39.8 Å². The van der Waals surface area contributed by atoms with E-state index in [9.17, 15) is 0 Å². The summed E-state index contributed by atoms with van der Waals surface area (Å²) in [5, 5.41) is 1.20. The second-order valence-corrected chi connectivity index (χ2v) is 7.76. The zero-order chi connectivity index (χ0) is 21.9. The first-order valence-electron chi connectivity index (χ1n) is 10.7. The third kappa shape index (κ3) is 3.93. The van der Waals surface area contributed by atoms with Crippen molar-refractivity contribution in [2.45, 2.75) is 6.92 Å². The first-order chi connectivity index (χ1) is 15.7. The lowest BCUT2D eigenvalue weighted by Gasteiger charge is -2.15. The summed E-state index contributed by atoms with van der Waals surface area (Å²) in [7, 11) is 2.10. The lowest BCUT2D eigenvalue weighted by atomic mass is 10.0. The molecule has 0 saturated carbocycles. The van der Waals surface area contributed by atoms with Gasteiger partial charge >= 0.3 is 0 Å². The maximum atomic E-state index is 6.29. The first-order valence-corrected chi connectivity index (χ1v) is 10.7. The molecule has 4 aromatic carbocycles. The maximum Gasteiger partial charge on any atom is 0.213 e. The molecule has 0 atom stereocenters. The van der Waals surface area contributed by atoms with Crippen LogP contribution in [0.1, 0.15) is 5.56 Å². The molecule has 0 unspecified atom stereocenters. The molecular formula is C29H24NO2+. The highest BCUT2D eigenvalue weighted by Crippen LogP contribution is 2.38. The van der Waals surface area contributed by atoms with E-state index in [1.165, 1.54) is 10.9 Å². The van der Waals surface area contributed by atoms with Crippen LogP contribution in [0.5, 0.6) is 23.0 Å². The van der Waals surface area contributed by atoms with Crippen LogP contribution in [0.3, 0.4) is 0 Å². The number of fused-ring (bicyclic) bond motifs is 1. The predicted octanol–water partition coefficient (Wildman–Crippen LogP) is 7.22. The molecule has 5 aromatic rings. The lowest BCUT2D eigenvalue weighted by molar-refractivity contribution is -0.633. The van der Waals surface area contributed by atoms with Crippen molar-refractivity contribution >= 4 is 10.9 Å². The van der Waals surface area contributed by atoms with Crippen LogP contribution in [0.4, 0.5) is 0 Å². The molecule has 3 nitrogen and oxygen atoms in total. The van der Waals surface area contributed by atoms with E-state index in [1.807, 2.05) is 66.7 Å². The number of rotatable bonds is 5. The van der Waals surface area contributed by atoms with Gasteiger partial charge in [-0.2, -0.15) is 4.57 Å². The third-order valence-electron chi connectivity index (χ3n) is 5.64. The van der Waals surface area contributed by atoms with Gasteiger partial charge < -0.3 is 9.47 Å². The van der Waals surface area contributed by atoms with E-state index in [0.29, 0.717) is 0 Å². The van der Waals surface area contributed by atoms with Crippen molar-refractivity contribution in [3.05, 3.63) is 115 Å². The number of nitrogens with zero attached hydrogens (tertiary/aromatic N) is 1. The lowest BCUT2D eigenvalue weighted by Crippen LogP contribution is -2.32. The topological polar surface area (TPSA) is 22.3 Å². The molecular weight excluding hydrogens is 394 g/mol. The Hall–Kier alpha value is -4.11. The van der Waals surface area contributed by atoms with Crippen LogP contribution in [-0.2, 0) is 7.05 Å². The highest BCUT2D eigenvalue weighted by atomic mass is 16.5. The summed E-state index contributed by atoms with van der Waals surface area (Å²) < 4.78 is 14.7. The number of ether oxygens (including phenoxy) is 2. The van der Waals surface area contributed by atoms with Crippen molar-refractivity contribution in [1.29, 1.82) is 0 Å². The minimum atomic E-state index is 0.732. The molecule has 1 aromatic heterocycles. The van der Waals surface area contributed by atoms with Crippen molar-refractivity contribution in [3.8, 4) is 34.3 Å². The van der Waals surface area contributed by atoms with Gasteiger partial charge in [0.05, 0.1) is 5.56 Å². The highest BCUT2D eigenvalue weighted by Gasteiger charge is 2.20. The van der Waals surface area contributed by atoms with E-state index in [4.69, 9.17) is 9.47 Å². The Balaban J connectivity index is 1.66. The Morgan fingerprint density at radius 1 is 0.594 bits per heavy atom. The first kappa shape index (κ1) is 19.8. The minimum Gasteiger partial charge on any atom is -0.457 e. The van der Waals surface area contributed by atoms with Crippen LogP contribution < -0.4 is 14.0 Å². The molecule has 0 aliphatic carbocycles. The molecule has 0 aliphatic heterocycles. The van der Waals surface area contributed by atoms with Gasteiger partial charge in [0.2, 0.25) is 11.2 Å². The number of benzene rings is 4. The molecule has 0 fully saturated rings. The van der Waals surface area contributed by atoms with E-state index in [1.54, 1.807) is 0 Å². The molecule has 1 heterocycles. The Kier molecular flexibility index (Phi) is 5.30. The molecule has 0 saturated heterocycles. The number of para-hydroxylation sites is 3. The molecule has 0 spiro atoms. The second kappa shape index (κ2) is 8.56. The van der Waals surface area contributed by atoms with Crippen LogP contribution in [0.25, 0.3) is 22.2 Å². The quantitative estimate of drug-likeness (QED) is 0.281. The van der Waals surface area contributed by atoms with Crippen molar-refractivity contribution < 1.29 is 14.0 Å². The van der Waals surface area contributed by atoms with Crippen molar-refractivity contribution in [2.75, 3.05) is 0 Å². The predicted molar refractivity (Wildman–Crippen MR) is 128 cm³/mol. The smallest absolute Gasteiger partial charge is 0.213 e. The number of aromatic nitrogens is 1. The van der Waals surface area contributed by atoms with Gasteiger partial charge in [-0.15, -0.1) is 0 Å². The molecule has 0 amide bonds. The highest BCUT2D eigenvalue weighted by molar-refractivity contribution is 5.78. The summed E-state index contributed by atoms with van der Waals surface area (Å²) in [6, 6.07) is 36.4. The molecule has 0 N–H and O–H groups in total. The fourth-order valence-electron chi connectivity index (χ4n) is 3.95. The van der Waals surface area contributed by atoms with Crippen molar-refractivity contribution in [1.82, 2.24) is 0 Å². The number of pyridine rings is 1. The zero-order valence-corrected chi connectivity index (χ0v) is 18.2. The Labute approximate surface area is 188 Å². The van der Waals surface area contributed by atoms with Crippen molar-refractivity contribution in [3.63, 3.8) is 0 Å². The van der Waals surface area contributed by atoms with Crippen molar-refractivity contribution in [2.24, 2.45) is 7.05 Å². The van der Waals surface area contributed by atoms with Crippen LogP contribution in [0.15, 0.2) is 109 Å². The van der Waals surface area contributed by atoms with E-state index >= 15 is 0 Å². The maximum absolute atomic E-state index is 6.29. The molecule has 0 radical (unpaired) electrons. The van der Waals surface area contributed by atoms with E-state index in [2.05, 4.69) is 61.0 Å². The molecule has 0 bridgehead atoms. The van der Waals surface area contributed by atoms with Gasteiger partial charge in [0.25, 0.3) is 0 Å². The van der Waals surface area contributed by atoms with Gasteiger partial charge in [0.15, 0.2) is 0 Å². The monoisotopic (exact) mass is 418 g/mol. The van der Waals surface area contributed by atoms with Gasteiger partial charge in [-0.1, -0.05) is 48.5 Å². The van der Waals surface area contributed by atoms with Crippen LogP contribution in [0.2, 0.25) is 0 Å². The number of hydrogen-bond acceptors (Lipinski definition) is 2. The molecule has 5 rings (SSSR count). The summed E-state index contributed by atoms with van der Waals surface area (Å²) in [5.74, 6) is 3.08. The van der Waals surface area contributed by atoms with Crippen LogP contribution in [0, 0.1) is 6.92 Å². The van der Waals surface area contributed by atoms with E-state index < -0.39 is 0 Å². The average Bonchev–Trinajstić information content (AvgIpc) is 2.83. The van der Waals surface area contributed by atoms with Gasteiger partial charge in [0.1, 0.15) is 30.0 Å². The largest absolute Gasteiger partial charge is 0.457 e. The minimum absolute atomic E-state index is 0.732. The summed E-state index contributed by atoms with van der Waals surface area (Å²) in [6.45, 7) is 2.09. The number of aryl methyl sites for hydroxylation is 1. The normalized spacial score (nSPS) is 10.8. The third-order valence-corrected chi connectivity index (χ3v) is 5.64. The fraction of sp³-hybridized carbons (Fsp3) is 0.0690. The van der Waals surface area contributed by atoms with Gasteiger partial charge in [0, 0.05) is 29.1 Å². The fourth-order valence-corrected chi connectivity index (χ4v) is 3.95. The van der Waals surface area contributed by atoms with Gasteiger partial charge in [-0.25, -0.2) is 0 Å². The van der Waals surface area contributed by atoms with Crippen LogP contribution >= 0.6 is 0 Å². The second-order valence-electron chi connectivity index (χ2n) is 7.76. The molecule has 3 heteroatoms. The Morgan fingerprint density at radius 3 is 1.94 bits per heavy atom. The summed E-state index contributed by atoms with van der Waals surface area (Å²) in [5.41, 5.74) is 4.39. The zero-order valence-electron chi connectivity index (χ0n) is 18.2. The summed E-state index contributed by atoms with van der Waals surface area (Å²) in [6.07, 6.45) is 0. The summed E-state index contributed by atoms with van der Waals surface area (Å²) >= 11 is 0. The average molecular weight is 419 g/mol. The SMILES string of the molecule is Cc1c(Oc2ccccc2)cc(Oc2ccccc2)cc1-c1ccc2ccccc2[n+]1C. The Bertz CT molecular complexity index is 1380. The van der Waals surface area contributed by atoms with Crippen LogP contribution in [-0.4, -0.2) is 0 Å².